The minimum absolute atomic E-state index is 0.0457. The Morgan fingerprint density at radius 1 is 1.04 bits per heavy atom. The van der Waals surface area contributed by atoms with Crippen LogP contribution in [0.1, 0.15) is 33.6 Å². The van der Waals surface area contributed by atoms with E-state index in [9.17, 15) is 9.59 Å². The molecular weight excluding hydrogens is 346 g/mol. The lowest BCUT2D eigenvalue weighted by molar-refractivity contribution is -0.137. The van der Waals surface area contributed by atoms with Crippen molar-refractivity contribution in [3.05, 3.63) is 18.5 Å². The van der Waals surface area contributed by atoms with Gasteiger partial charge in [-0.05, 0) is 39.7 Å². The lowest BCUT2D eigenvalue weighted by atomic mass is 9.96. The second kappa shape index (κ2) is 8.10. The number of piperazine rings is 1. The van der Waals surface area contributed by atoms with Crippen molar-refractivity contribution >= 4 is 17.9 Å². The highest BCUT2D eigenvalue weighted by Crippen LogP contribution is 2.22. The van der Waals surface area contributed by atoms with Gasteiger partial charge in [0.25, 0.3) is 0 Å². The fourth-order valence-corrected chi connectivity index (χ4v) is 3.51. The van der Waals surface area contributed by atoms with Crippen molar-refractivity contribution in [1.82, 2.24) is 19.8 Å². The van der Waals surface area contributed by atoms with Gasteiger partial charge in [0.15, 0.2) is 0 Å². The maximum atomic E-state index is 13.0. The molecule has 2 aliphatic rings. The topological polar surface area (TPSA) is 78.9 Å². The van der Waals surface area contributed by atoms with E-state index in [0.29, 0.717) is 38.7 Å². The van der Waals surface area contributed by atoms with Crippen LogP contribution in [0.2, 0.25) is 0 Å². The summed E-state index contributed by atoms with van der Waals surface area (Å²) in [6, 6.07) is 1.79. The molecule has 8 heteroatoms. The van der Waals surface area contributed by atoms with E-state index in [1.807, 2.05) is 25.7 Å². The first-order chi connectivity index (χ1) is 12.8. The molecule has 0 N–H and O–H groups in total. The van der Waals surface area contributed by atoms with E-state index in [1.54, 1.807) is 23.4 Å². The summed E-state index contributed by atoms with van der Waals surface area (Å²) >= 11 is 0. The molecule has 1 atom stereocenters. The van der Waals surface area contributed by atoms with Crippen molar-refractivity contribution in [3.8, 4) is 0 Å². The number of hydrogen-bond donors (Lipinski definition) is 0. The molecule has 3 heterocycles. The van der Waals surface area contributed by atoms with E-state index >= 15 is 0 Å². The highest BCUT2D eigenvalue weighted by atomic mass is 16.6. The molecule has 8 nitrogen and oxygen atoms in total. The summed E-state index contributed by atoms with van der Waals surface area (Å²) in [7, 11) is 0. The summed E-state index contributed by atoms with van der Waals surface area (Å²) in [5.74, 6) is 0.805. The van der Waals surface area contributed by atoms with Crippen molar-refractivity contribution < 1.29 is 14.3 Å². The number of carbonyl (C=O) groups is 2. The molecular formula is C19H29N5O3. The summed E-state index contributed by atoms with van der Waals surface area (Å²) in [5, 5.41) is 0. The largest absolute Gasteiger partial charge is 0.444 e. The van der Waals surface area contributed by atoms with E-state index < -0.39 is 5.60 Å². The summed E-state index contributed by atoms with van der Waals surface area (Å²) in [6.45, 7) is 9.22. The first kappa shape index (κ1) is 19.4. The van der Waals surface area contributed by atoms with Gasteiger partial charge < -0.3 is 19.4 Å². The Bertz CT molecular complexity index is 653. The van der Waals surface area contributed by atoms with Gasteiger partial charge in [0.05, 0.1) is 5.92 Å². The van der Waals surface area contributed by atoms with Crippen LogP contribution in [0.4, 0.5) is 10.7 Å². The minimum atomic E-state index is -0.505. The number of amides is 2. The van der Waals surface area contributed by atoms with Crippen molar-refractivity contribution in [1.29, 1.82) is 0 Å². The fraction of sp³-hybridized carbons (Fsp3) is 0.684. The van der Waals surface area contributed by atoms with Crippen LogP contribution >= 0.6 is 0 Å². The molecule has 0 bridgehead atoms. The second-order valence-corrected chi connectivity index (χ2v) is 8.13. The molecule has 1 aromatic rings. The van der Waals surface area contributed by atoms with E-state index in [4.69, 9.17) is 4.74 Å². The highest BCUT2D eigenvalue weighted by Gasteiger charge is 2.33. The van der Waals surface area contributed by atoms with Gasteiger partial charge >= 0.3 is 6.09 Å². The van der Waals surface area contributed by atoms with Crippen LogP contribution in [0.5, 0.6) is 0 Å². The third-order valence-corrected chi connectivity index (χ3v) is 4.85. The Balaban J connectivity index is 1.52. The molecule has 0 aromatic carbocycles. The second-order valence-electron chi connectivity index (χ2n) is 8.13. The highest BCUT2D eigenvalue weighted by molar-refractivity contribution is 5.80. The zero-order valence-corrected chi connectivity index (χ0v) is 16.4. The minimum Gasteiger partial charge on any atom is -0.444 e. The zero-order valence-electron chi connectivity index (χ0n) is 16.4. The van der Waals surface area contributed by atoms with Crippen molar-refractivity contribution in [2.75, 3.05) is 44.2 Å². The lowest BCUT2D eigenvalue weighted by Crippen LogP contribution is -2.54. The molecule has 0 unspecified atom stereocenters. The summed E-state index contributed by atoms with van der Waals surface area (Å²) < 4.78 is 5.42. The van der Waals surface area contributed by atoms with E-state index in [0.717, 1.165) is 19.4 Å². The Labute approximate surface area is 160 Å². The molecule has 2 saturated heterocycles. The predicted molar refractivity (Wildman–Crippen MR) is 101 cm³/mol. The standard InChI is InChI=1S/C19H29N5O3/c1-19(2,3)27-18(26)23-12-10-22(11-13-23)16(25)15-6-4-9-24(14-15)17-20-7-5-8-21-17/h5,7-8,15H,4,6,9-14H2,1-3H3/t15-/m1/s1. The van der Waals surface area contributed by atoms with Crippen LogP contribution in [-0.2, 0) is 9.53 Å². The quantitative estimate of drug-likeness (QED) is 0.784. The molecule has 0 saturated carbocycles. The molecule has 3 rings (SSSR count). The van der Waals surface area contributed by atoms with Crippen LogP contribution in [0, 0.1) is 5.92 Å². The van der Waals surface area contributed by atoms with Crippen molar-refractivity contribution in [2.45, 2.75) is 39.2 Å². The van der Waals surface area contributed by atoms with Gasteiger partial charge in [-0.25, -0.2) is 14.8 Å². The smallest absolute Gasteiger partial charge is 0.410 e. The van der Waals surface area contributed by atoms with Crippen LogP contribution < -0.4 is 4.90 Å². The number of carbonyl (C=O) groups excluding carboxylic acids is 2. The SMILES string of the molecule is CC(C)(C)OC(=O)N1CCN(C(=O)[C@@H]2CCCN(c3ncccn3)C2)CC1. The molecule has 0 spiro atoms. The normalized spacial score (nSPS) is 21.1. The third kappa shape index (κ3) is 5.08. The first-order valence-electron chi connectivity index (χ1n) is 9.62. The molecule has 1 aromatic heterocycles. The maximum absolute atomic E-state index is 13.0. The monoisotopic (exact) mass is 375 g/mol. The molecule has 2 aliphatic heterocycles. The summed E-state index contributed by atoms with van der Waals surface area (Å²) in [5.41, 5.74) is -0.505. The van der Waals surface area contributed by atoms with Gasteiger partial charge in [0, 0.05) is 51.7 Å². The Morgan fingerprint density at radius 2 is 1.67 bits per heavy atom. The van der Waals surface area contributed by atoms with Gasteiger partial charge in [-0.15, -0.1) is 0 Å². The summed E-state index contributed by atoms with van der Waals surface area (Å²) in [4.78, 5) is 39.4. The number of ether oxygens (including phenoxy) is 1. The maximum Gasteiger partial charge on any atom is 0.410 e. The Hall–Kier alpha value is -2.38. The Morgan fingerprint density at radius 3 is 2.30 bits per heavy atom. The van der Waals surface area contributed by atoms with Gasteiger partial charge in [-0.3, -0.25) is 4.79 Å². The van der Waals surface area contributed by atoms with Gasteiger partial charge in [-0.2, -0.15) is 0 Å². The van der Waals surface area contributed by atoms with Gasteiger partial charge in [-0.1, -0.05) is 0 Å². The first-order valence-corrected chi connectivity index (χ1v) is 9.62. The Kier molecular flexibility index (Phi) is 5.82. The average molecular weight is 375 g/mol. The number of piperidine rings is 1. The summed E-state index contributed by atoms with van der Waals surface area (Å²) in [6.07, 6.45) is 4.98. The molecule has 27 heavy (non-hydrogen) atoms. The van der Waals surface area contributed by atoms with E-state index in [2.05, 4.69) is 14.9 Å². The predicted octanol–water partition coefficient (Wildman–Crippen LogP) is 1.77. The van der Waals surface area contributed by atoms with Gasteiger partial charge in [0.2, 0.25) is 11.9 Å². The van der Waals surface area contributed by atoms with Crippen LogP contribution in [0.25, 0.3) is 0 Å². The molecule has 0 aliphatic carbocycles. The fourth-order valence-electron chi connectivity index (χ4n) is 3.51. The molecule has 0 radical (unpaired) electrons. The van der Waals surface area contributed by atoms with E-state index in [1.165, 1.54) is 0 Å². The molecule has 2 fully saturated rings. The average Bonchev–Trinajstić information content (AvgIpc) is 2.67. The zero-order chi connectivity index (χ0) is 19.4. The van der Waals surface area contributed by atoms with E-state index in [-0.39, 0.29) is 17.9 Å². The van der Waals surface area contributed by atoms with Crippen molar-refractivity contribution in [2.24, 2.45) is 5.92 Å². The molecule has 2 amide bonds. The number of hydrogen-bond acceptors (Lipinski definition) is 6. The van der Waals surface area contributed by atoms with Crippen LogP contribution in [0.3, 0.4) is 0 Å². The van der Waals surface area contributed by atoms with Crippen LogP contribution in [-0.4, -0.2) is 76.6 Å². The lowest BCUT2D eigenvalue weighted by Gasteiger charge is -2.39. The number of aromatic nitrogens is 2. The molecule has 148 valence electrons. The van der Waals surface area contributed by atoms with Crippen molar-refractivity contribution in [3.63, 3.8) is 0 Å². The number of rotatable bonds is 2. The van der Waals surface area contributed by atoms with Crippen LogP contribution in [0.15, 0.2) is 18.5 Å². The van der Waals surface area contributed by atoms with Gasteiger partial charge in [0.1, 0.15) is 5.60 Å². The third-order valence-electron chi connectivity index (χ3n) is 4.85. The number of nitrogens with zero attached hydrogens (tertiary/aromatic N) is 5. The number of anilines is 1.